The van der Waals surface area contributed by atoms with Crippen LogP contribution in [0.15, 0.2) is 23.1 Å². The molecule has 4 nitrogen and oxygen atoms in total. The Morgan fingerprint density at radius 3 is 2.55 bits per heavy atom. The molecular formula is C17H21NO3S. The van der Waals surface area contributed by atoms with E-state index in [1.165, 1.54) is 4.90 Å². The zero-order chi connectivity index (χ0) is 16.3. The number of carbonyl (C=O) groups is 2. The first-order valence-corrected chi connectivity index (χ1v) is 8.32. The van der Waals surface area contributed by atoms with Gasteiger partial charge in [-0.15, -0.1) is 0 Å². The molecule has 2 amide bonds. The second kappa shape index (κ2) is 7.01. The summed E-state index contributed by atoms with van der Waals surface area (Å²) in [6.45, 7) is 6.43. The van der Waals surface area contributed by atoms with Gasteiger partial charge in [-0.2, -0.15) is 0 Å². The van der Waals surface area contributed by atoms with Gasteiger partial charge in [-0.25, -0.2) is 0 Å². The lowest BCUT2D eigenvalue weighted by molar-refractivity contribution is -0.123. The van der Waals surface area contributed by atoms with E-state index in [1.54, 1.807) is 31.2 Å². The zero-order valence-electron chi connectivity index (χ0n) is 13.1. The minimum absolute atomic E-state index is 0.196. The van der Waals surface area contributed by atoms with Gasteiger partial charge in [-0.3, -0.25) is 14.5 Å². The molecule has 1 aliphatic rings. The average molecular weight is 319 g/mol. The van der Waals surface area contributed by atoms with Gasteiger partial charge in [0.15, 0.2) is 0 Å². The molecule has 1 heterocycles. The predicted molar refractivity (Wildman–Crippen MR) is 89.6 cm³/mol. The molecule has 118 valence electrons. The van der Waals surface area contributed by atoms with Crippen LogP contribution in [0.25, 0.3) is 6.08 Å². The molecule has 0 spiro atoms. The van der Waals surface area contributed by atoms with Crippen LogP contribution in [0, 0.1) is 12.8 Å². The van der Waals surface area contributed by atoms with Gasteiger partial charge >= 0.3 is 0 Å². The van der Waals surface area contributed by atoms with Crippen LogP contribution in [0.1, 0.15) is 37.8 Å². The highest BCUT2D eigenvalue weighted by molar-refractivity contribution is 8.18. The fraction of sp³-hybridized carbons (Fsp3) is 0.412. The molecule has 0 atom stereocenters. The van der Waals surface area contributed by atoms with Crippen molar-refractivity contribution in [3.05, 3.63) is 34.2 Å². The number of hydrogen-bond donors (Lipinski definition) is 1. The molecule has 0 bridgehead atoms. The van der Waals surface area contributed by atoms with Crippen LogP contribution < -0.4 is 0 Å². The number of thioether (sulfide) groups is 1. The maximum atomic E-state index is 12.4. The van der Waals surface area contributed by atoms with Gasteiger partial charge < -0.3 is 5.11 Å². The van der Waals surface area contributed by atoms with E-state index in [1.807, 2.05) is 0 Å². The molecular weight excluding hydrogens is 298 g/mol. The molecule has 2 rings (SSSR count). The smallest absolute Gasteiger partial charge is 0.293 e. The van der Waals surface area contributed by atoms with E-state index >= 15 is 0 Å². The number of benzene rings is 1. The second-order valence-corrected chi connectivity index (χ2v) is 6.51. The summed E-state index contributed by atoms with van der Waals surface area (Å²) < 4.78 is 0. The molecule has 0 aromatic heterocycles. The van der Waals surface area contributed by atoms with Crippen LogP contribution in [-0.4, -0.2) is 27.7 Å². The summed E-state index contributed by atoms with van der Waals surface area (Å²) in [5, 5.41) is 9.34. The van der Waals surface area contributed by atoms with E-state index in [2.05, 4.69) is 13.8 Å². The highest BCUT2D eigenvalue weighted by Crippen LogP contribution is 2.33. The molecule has 0 unspecified atom stereocenters. The Morgan fingerprint density at radius 2 is 1.95 bits per heavy atom. The van der Waals surface area contributed by atoms with E-state index in [0.717, 1.165) is 35.7 Å². The Kier molecular flexibility index (Phi) is 5.29. The lowest BCUT2D eigenvalue weighted by atomic mass is 10.0. The first kappa shape index (κ1) is 16.6. The van der Waals surface area contributed by atoms with Crippen LogP contribution in [0.3, 0.4) is 0 Å². The summed E-state index contributed by atoms with van der Waals surface area (Å²) in [4.78, 5) is 26.3. The van der Waals surface area contributed by atoms with Crippen molar-refractivity contribution < 1.29 is 14.7 Å². The van der Waals surface area contributed by atoms with Crippen LogP contribution >= 0.6 is 11.8 Å². The number of rotatable bonds is 5. The standard InChI is InChI=1S/C17H21NO3S/c1-4-12(5-2)10-18-16(20)15(22-17(18)21)9-13-6-7-14(19)11(3)8-13/h6-9,12,19H,4-5,10H2,1-3H3/b15-9-. The summed E-state index contributed by atoms with van der Waals surface area (Å²) in [5.41, 5.74) is 1.55. The lowest BCUT2D eigenvalue weighted by Gasteiger charge is -2.18. The fourth-order valence-electron chi connectivity index (χ4n) is 2.38. The Balaban J connectivity index is 2.20. The number of imide groups is 1. The summed E-state index contributed by atoms with van der Waals surface area (Å²) >= 11 is 0.986. The van der Waals surface area contributed by atoms with Crippen LogP contribution in [0.4, 0.5) is 4.79 Å². The number of carbonyl (C=O) groups excluding carboxylic acids is 2. The van der Waals surface area contributed by atoms with Crippen LogP contribution in [0.2, 0.25) is 0 Å². The monoisotopic (exact) mass is 319 g/mol. The highest BCUT2D eigenvalue weighted by atomic mass is 32.2. The third-order valence-electron chi connectivity index (χ3n) is 3.99. The molecule has 0 aliphatic carbocycles. The number of amides is 2. The van der Waals surface area contributed by atoms with Gasteiger partial charge in [0.1, 0.15) is 5.75 Å². The third kappa shape index (κ3) is 3.53. The van der Waals surface area contributed by atoms with Crippen molar-refractivity contribution in [3.63, 3.8) is 0 Å². The quantitative estimate of drug-likeness (QED) is 0.827. The van der Waals surface area contributed by atoms with Crippen molar-refractivity contribution >= 4 is 29.0 Å². The number of hydrogen-bond acceptors (Lipinski definition) is 4. The minimum Gasteiger partial charge on any atom is -0.508 e. The SMILES string of the molecule is CCC(CC)CN1C(=O)S/C(=C\c2ccc(O)c(C)c2)C1=O. The molecule has 5 heteroatoms. The molecule has 0 saturated carbocycles. The Morgan fingerprint density at radius 1 is 1.27 bits per heavy atom. The maximum Gasteiger partial charge on any atom is 0.293 e. The van der Waals surface area contributed by atoms with Gasteiger partial charge in [0.25, 0.3) is 11.1 Å². The van der Waals surface area contributed by atoms with Gasteiger partial charge in [0.05, 0.1) is 4.91 Å². The average Bonchev–Trinajstić information content (AvgIpc) is 2.75. The summed E-state index contributed by atoms with van der Waals surface area (Å²) in [6.07, 6.45) is 3.62. The summed E-state index contributed by atoms with van der Waals surface area (Å²) in [5.74, 6) is 0.357. The van der Waals surface area contributed by atoms with Gasteiger partial charge in [0, 0.05) is 6.54 Å². The number of aryl methyl sites for hydroxylation is 1. The number of aromatic hydroxyl groups is 1. The topological polar surface area (TPSA) is 57.6 Å². The van der Waals surface area contributed by atoms with Crippen LogP contribution in [0.5, 0.6) is 5.75 Å². The van der Waals surface area contributed by atoms with E-state index in [0.29, 0.717) is 17.4 Å². The van der Waals surface area contributed by atoms with Crippen molar-refractivity contribution in [2.24, 2.45) is 5.92 Å². The molecule has 1 fully saturated rings. The first-order valence-electron chi connectivity index (χ1n) is 7.51. The van der Waals surface area contributed by atoms with Gasteiger partial charge in [0.2, 0.25) is 0 Å². The number of phenols is 1. The summed E-state index contributed by atoms with van der Waals surface area (Å²) in [7, 11) is 0. The van der Waals surface area contributed by atoms with E-state index in [4.69, 9.17) is 0 Å². The normalized spacial score (nSPS) is 17.1. The van der Waals surface area contributed by atoms with E-state index in [-0.39, 0.29) is 16.9 Å². The first-order chi connectivity index (χ1) is 10.5. The zero-order valence-corrected chi connectivity index (χ0v) is 13.9. The van der Waals surface area contributed by atoms with Crippen molar-refractivity contribution in [2.45, 2.75) is 33.6 Å². The Bertz CT molecular complexity index is 620. The van der Waals surface area contributed by atoms with Crippen molar-refractivity contribution in [2.75, 3.05) is 6.54 Å². The summed E-state index contributed by atoms with van der Waals surface area (Å²) in [6, 6.07) is 5.12. The third-order valence-corrected chi connectivity index (χ3v) is 4.90. The molecule has 1 aliphatic heterocycles. The molecule has 1 aromatic carbocycles. The Labute approximate surface area is 135 Å². The molecule has 0 radical (unpaired) electrons. The molecule has 1 saturated heterocycles. The van der Waals surface area contributed by atoms with Crippen molar-refractivity contribution in [1.82, 2.24) is 4.90 Å². The minimum atomic E-state index is -0.215. The largest absolute Gasteiger partial charge is 0.508 e. The fourth-order valence-corrected chi connectivity index (χ4v) is 3.23. The molecule has 1 aromatic rings. The molecule has 1 N–H and O–H groups in total. The lowest BCUT2D eigenvalue weighted by Crippen LogP contribution is -2.33. The van der Waals surface area contributed by atoms with E-state index in [9.17, 15) is 14.7 Å². The number of phenolic OH excluding ortho intramolecular Hbond substituents is 1. The highest BCUT2D eigenvalue weighted by Gasteiger charge is 2.35. The number of nitrogens with zero attached hydrogens (tertiary/aromatic N) is 1. The predicted octanol–water partition coefficient (Wildman–Crippen LogP) is 4.17. The van der Waals surface area contributed by atoms with E-state index < -0.39 is 0 Å². The Hall–Kier alpha value is -1.75. The van der Waals surface area contributed by atoms with Crippen molar-refractivity contribution in [1.29, 1.82) is 0 Å². The molecule has 22 heavy (non-hydrogen) atoms. The van der Waals surface area contributed by atoms with Crippen molar-refractivity contribution in [3.8, 4) is 5.75 Å². The second-order valence-electron chi connectivity index (χ2n) is 5.52. The van der Waals surface area contributed by atoms with Gasteiger partial charge in [-0.05, 0) is 53.9 Å². The van der Waals surface area contributed by atoms with Crippen LogP contribution in [-0.2, 0) is 4.79 Å². The van der Waals surface area contributed by atoms with Gasteiger partial charge in [-0.1, -0.05) is 32.8 Å². The maximum absolute atomic E-state index is 12.4.